The van der Waals surface area contributed by atoms with Crippen molar-refractivity contribution in [2.75, 3.05) is 36.5 Å². The highest BCUT2D eigenvalue weighted by atomic mass is 32.1. The Kier molecular flexibility index (Phi) is 7.68. The molecule has 1 atom stereocenters. The lowest BCUT2D eigenvalue weighted by Crippen LogP contribution is -2.43. The highest BCUT2D eigenvalue weighted by molar-refractivity contribution is 7.21. The van der Waals surface area contributed by atoms with Crippen LogP contribution in [0.5, 0.6) is 5.75 Å². The fourth-order valence-electron chi connectivity index (χ4n) is 5.57. The van der Waals surface area contributed by atoms with Crippen LogP contribution in [0.3, 0.4) is 0 Å². The van der Waals surface area contributed by atoms with Gasteiger partial charge in [0.05, 0.1) is 13.7 Å². The molecule has 2 aliphatic heterocycles. The van der Waals surface area contributed by atoms with E-state index >= 15 is 0 Å². The number of benzene rings is 2. The van der Waals surface area contributed by atoms with E-state index < -0.39 is 0 Å². The van der Waals surface area contributed by atoms with Crippen LogP contribution >= 0.6 is 11.3 Å². The first kappa shape index (κ1) is 26.3. The Bertz CT molecular complexity index is 1530. The second kappa shape index (κ2) is 11.7. The second-order valence-electron chi connectivity index (χ2n) is 10.4. The molecule has 2 aromatic heterocycles. The van der Waals surface area contributed by atoms with Gasteiger partial charge in [0.1, 0.15) is 11.8 Å². The summed E-state index contributed by atoms with van der Waals surface area (Å²) in [5, 5.41) is 3.77. The number of aromatic nitrogens is 3. The quantitative estimate of drug-likeness (QED) is 0.347. The molecule has 2 saturated heterocycles. The van der Waals surface area contributed by atoms with Gasteiger partial charge in [-0.25, -0.2) is 9.97 Å². The summed E-state index contributed by atoms with van der Waals surface area (Å²) in [7, 11) is 1.64. The van der Waals surface area contributed by atoms with Gasteiger partial charge in [-0.05, 0) is 55.4 Å². The number of ether oxygens (including phenoxy) is 1. The largest absolute Gasteiger partial charge is 0.497 e. The maximum absolute atomic E-state index is 13.9. The van der Waals surface area contributed by atoms with Crippen molar-refractivity contribution in [2.45, 2.75) is 51.2 Å². The highest BCUT2D eigenvalue weighted by Crippen LogP contribution is 2.33. The van der Waals surface area contributed by atoms with Crippen LogP contribution in [0.2, 0.25) is 0 Å². The molecule has 0 aliphatic carbocycles. The summed E-state index contributed by atoms with van der Waals surface area (Å²) in [6, 6.07) is 17.4. The Hall–Kier alpha value is -3.92. The molecule has 9 nitrogen and oxygen atoms in total. The fraction of sp³-hybridized carbons (Fsp3) is 0.400. The topological polar surface area (TPSA) is 92.6 Å². The zero-order chi connectivity index (χ0) is 27.5. The van der Waals surface area contributed by atoms with Crippen molar-refractivity contribution < 1.29 is 9.53 Å². The average Bonchev–Trinajstić information content (AvgIpc) is 3.66. The van der Waals surface area contributed by atoms with Crippen LogP contribution in [0.15, 0.2) is 59.4 Å². The molecule has 1 N–H and O–H groups in total. The number of nitrogens with one attached hydrogen (secondary N) is 1. The predicted molar refractivity (Wildman–Crippen MR) is 158 cm³/mol. The number of amides is 1. The van der Waals surface area contributed by atoms with Crippen LogP contribution in [0.25, 0.3) is 10.3 Å². The lowest BCUT2D eigenvalue weighted by atomic mass is 10.1. The van der Waals surface area contributed by atoms with Crippen molar-refractivity contribution in [3.8, 4) is 5.75 Å². The Morgan fingerprint density at radius 2 is 1.75 bits per heavy atom. The molecule has 4 aromatic rings. The number of hydrogen-bond acceptors (Lipinski definition) is 8. The summed E-state index contributed by atoms with van der Waals surface area (Å²) in [6.07, 6.45) is 5.00. The minimum absolute atomic E-state index is 0.0144. The average molecular weight is 559 g/mol. The Morgan fingerprint density at radius 1 is 0.975 bits per heavy atom. The maximum Gasteiger partial charge on any atom is 0.282 e. The fourth-order valence-corrected chi connectivity index (χ4v) is 6.57. The molecule has 1 amide bonds. The molecule has 0 unspecified atom stereocenters. The number of nitrogens with zero attached hydrogens (tertiary/aromatic N) is 5. The van der Waals surface area contributed by atoms with E-state index in [2.05, 4.69) is 10.2 Å². The van der Waals surface area contributed by atoms with Gasteiger partial charge in [-0.1, -0.05) is 53.8 Å². The van der Waals surface area contributed by atoms with E-state index in [1.54, 1.807) is 11.7 Å². The number of piperidine rings is 1. The standard InChI is InChI=1S/C30H34N6O3S/c1-39-23-14-12-22(13-15-23)20-36-28(38)25-27(33-29(36)34-16-6-3-7-17-34)40-30(32-25)35-18-8-11-24(35)26(37)31-19-21-9-4-2-5-10-21/h2,4-5,9-10,12-15,24H,3,6-8,11,16-20H2,1H3,(H,31,37)/t24-/m1/s1. The van der Waals surface area contributed by atoms with Crippen LogP contribution in [0, 0.1) is 0 Å². The number of fused-ring (bicyclic) bond motifs is 1. The van der Waals surface area contributed by atoms with Crippen LogP contribution in [-0.2, 0) is 17.9 Å². The van der Waals surface area contributed by atoms with E-state index in [-0.39, 0.29) is 17.5 Å². The van der Waals surface area contributed by atoms with Gasteiger partial charge in [0, 0.05) is 26.2 Å². The molecule has 0 saturated carbocycles. The van der Waals surface area contributed by atoms with E-state index in [0.29, 0.717) is 34.5 Å². The van der Waals surface area contributed by atoms with Crippen LogP contribution in [0.4, 0.5) is 11.1 Å². The molecule has 2 fully saturated rings. The molecule has 2 aliphatic rings. The van der Waals surface area contributed by atoms with Crippen molar-refractivity contribution in [1.82, 2.24) is 19.9 Å². The Labute approximate surface area is 237 Å². The van der Waals surface area contributed by atoms with E-state index in [4.69, 9.17) is 14.7 Å². The molecule has 0 bridgehead atoms. The number of carbonyl (C=O) groups is 1. The zero-order valence-corrected chi connectivity index (χ0v) is 23.5. The minimum Gasteiger partial charge on any atom is -0.497 e. The molecular weight excluding hydrogens is 524 g/mol. The number of hydrogen-bond donors (Lipinski definition) is 1. The Morgan fingerprint density at radius 3 is 2.50 bits per heavy atom. The monoisotopic (exact) mass is 558 g/mol. The van der Waals surface area contributed by atoms with E-state index in [1.807, 2.05) is 59.5 Å². The number of methoxy groups -OCH3 is 1. The van der Waals surface area contributed by atoms with Gasteiger partial charge >= 0.3 is 0 Å². The van der Waals surface area contributed by atoms with Gasteiger partial charge in [-0.2, -0.15) is 0 Å². The molecule has 10 heteroatoms. The lowest BCUT2D eigenvalue weighted by Gasteiger charge is -2.29. The molecule has 40 heavy (non-hydrogen) atoms. The van der Waals surface area contributed by atoms with Crippen molar-refractivity contribution >= 4 is 38.7 Å². The third-order valence-corrected chi connectivity index (χ3v) is 8.72. The van der Waals surface area contributed by atoms with Gasteiger partial charge in [0.2, 0.25) is 11.9 Å². The summed E-state index contributed by atoms with van der Waals surface area (Å²) >= 11 is 1.41. The number of rotatable bonds is 8. The van der Waals surface area contributed by atoms with Crippen LogP contribution in [-0.4, -0.2) is 53.2 Å². The van der Waals surface area contributed by atoms with Gasteiger partial charge in [0.25, 0.3) is 5.56 Å². The third kappa shape index (κ3) is 5.40. The highest BCUT2D eigenvalue weighted by Gasteiger charge is 2.33. The summed E-state index contributed by atoms with van der Waals surface area (Å²) in [5.74, 6) is 1.46. The first-order chi connectivity index (χ1) is 19.6. The smallest absolute Gasteiger partial charge is 0.282 e. The SMILES string of the molecule is COc1ccc(Cn2c(N3CCCCC3)nc3sc(N4CCC[C@@H]4C(=O)NCc4ccccc4)nc3c2=O)cc1. The molecule has 208 valence electrons. The summed E-state index contributed by atoms with van der Waals surface area (Å²) in [4.78, 5) is 41.8. The van der Waals surface area contributed by atoms with Gasteiger partial charge in [-0.3, -0.25) is 14.2 Å². The lowest BCUT2D eigenvalue weighted by molar-refractivity contribution is -0.122. The van der Waals surface area contributed by atoms with Crippen LogP contribution in [0.1, 0.15) is 43.2 Å². The molecule has 2 aromatic carbocycles. The normalized spacial score (nSPS) is 17.4. The number of carbonyl (C=O) groups excluding carboxylic acids is 1. The van der Waals surface area contributed by atoms with E-state index in [9.17, 15) is 9.59 Å². The summed E-state index contributed by atoms with van der Waals surface area (Å²) in [6.45, 7) is 3.37. The van der Waals surface area contributed by atoms with Crippen LogP contribution < -0.4 is 25.4 Å². The Balaban J connectivity index is 1.31. The molecule has 4 heterocycles. The summed E-state index contributed by atoms with van der Waals surface area (Å²) < 4.78 is 7.06. The second-order valence-corrected chi connectivity index (χ2v) is 11.4. The minimum atomic E-state index is -0.313. The van der Waals surface area contributed by atoms with Crippen molar-refractivity contribution in [1.29, 1.82) is 0 Å². The predicted octanol–water partition coefficient (Wildman–Crippen LogP) is 4.19. The van der Waals surface area contributed by atoms with Crippen molar-refractivity contribution in [3.05, 3.63) is 76.1 Å². The molecule has 6 rings (SSSR count). The van der Waals surface area contributed by atoms with Gasteiger partial charge in [-0.15, -0.1) is 0 Å². The first-order valence-electron chi connectivity index (χ1n) is 14.0. The van der Waals surface area contributed by atoms with E-state index in [1.165, 1.54) is 17.8 Å². The molecular formula is C30H34N6O3S. The number of thiazole rings is 1. The molecule has 0 spiro atoms. The van der Waals surface area contributed by atoms with Crippen molar-refractivity contribution in [3.63, 3.8) is 0 Å². The number of anilines is 2. The van der Waals surface area contributed by atoms with Gasteiger partial charge < -0.3 is 19.9 Å². The maximum atomic E-state index is 13.9. The zero-order valence-electron chi connectivity index (χ0n) is 22.7. The summed E-state index contributed by atoms with van der Waals surface area (Å²) in [5.41, 5.74) is 2.28. The third-order valence-electron chi connectivity index (χ3n) is 7.74. The van der Waals surface area contributed by atoms with Gasteiger partial charge in [0.15, 0.2) is 15.5 Å². The first-order valence-corrected chi connectivity index (χ1v) is 14.8. The molecule has 0 radical (unpaired) electrons. The van der Waals surface area contributed by atoms with Crippen molar-refractivity contribution in [2.24, 2.45) is 0 Å². The van der Waals surface area contributed by atoms with E-state index in [0.717, 1.165) is 62.2 Å².